The number of hydrogen-bond donors (Lipinski definition) is 1. The van der Waals surface area contributed by atoms with E-state index >= 15 is 0 Å². The number of carbonyl (C=O) groups is 1. The summed E-state index contributed by atoms with van der Waals surface area (Å²) in [5, 5.41) is 3.42. The number of benzene rings is 1. The Hall–Kier alpha value is -2.55. The van der Waals surface area contributed by atoms with Gasteiger partial charge in [0.25, 0.3) is 5.91 Å². The lowest BCUT2D eigenvalue weighted by atomic mass is 10.2. The quantitative estimate of drug-likeness (QED) is 0.670. The van der Waals surface area contributed by atoms with Gasteiger partial charge in [-0.15, -0.1) is 0 Å². The maximum Gasteiger partial charge on any atom is 0.272 e. The van der Waals surface area contributed by atoms with Gasteiger partial charge in [-0.05, 0) is 49.2 Å². The maximum atomic E-state index is 12.9. The lowest BCUT2D eigenvalue weighted by Gasteiger charge is -2.13. The third-order valence-corrected chi connectivity index (χ3v) is 7.10. The van der Waals surface area contributed by atoms with Crippen molar-refractivity contribution in [2.45, 2.75) is 17.7 Å². The Morgan fingerprint density at radius 1 is 1.10 bits per heavy atom. The summed E-state index contributed by atoms with van der Waals surface area (Å²) in [6, 6.07) is 10.3. The molecule has 29 heavy (non-hydrogen) atoms. The van der Waals surface area contributed by atoms with Crippen LogP contribution in [0, 0.1) is 0 Å². The summed E-state index contributed by atoms with van der Waals surface area (Å²) in [6.45, 7) is 1.04. The molecule has 1 aliphatic heterocycles. The summed E-state index contributed by atoms with van der Waals surface area (Å²) in [5.74, 6) is -0.397. The highest BCUT2D eigenvalue weighted by Gasteiger charge is 2.29. The van der Waals surface area contributed by atoms with Gasteiger partial charge in [0.1, 0.15) is 10.6 Å². The van der Waals surface area contributed by atoms with Crippen molar-refractivity contribution in [1.82, 2.24) is 13.4 Å². The second-order valence-corrected chi connectivity index (χ2v) is 9.36. The monoisotopic (exact) mass is 432 g/mol. The largest absolute Gasteiger partial charge is 0.345 e. The summed E-state index contributed by atoms with van der Waals surface area (Å²) < 4.78 is 30.4. The van der Waals surface area contributed by atoms with E-state index in [1.165, 1.54) is 21.1 Å². The molecular formula is C20H21ClN4O3S. The van der Waals surface area contributed by atoms with Crippen molar-refractivity contribution >= 4 is 33.2 Å². The molecule has 3 heterocycles. The summed E-state index contributed by atoms with van der Waals surface area (Å²) in [5.41, 5.74) is 1.55. The van der Waals surface area contributed by atoms with Crippen LogP contribution in [0.25, 0.3) is 5.69 Å². The van der Waals surface area contributed by atoms with E-state index in [0.717, 1.165) is 18.5 Å². The van der Waals surface area contributed by atoms with Crippen LogP contribution in [-0.2, 0) is 17.1 Å². The fourth-order valence-electron chi connectivity index (χ4n) is 3.48. The first-order valence-corrected chi connectivity index (χ1v) is 11.1. The summed E-state index contributed by atoms with van der Waals surface area (Å²) in [4.78, 5) is 13.1. The molecule has 1 N–H and O–H groups in total. The van der Waals surface area contributed by atoms with E-state index in [0.29, 0.717) is 23.8 Å². The number of rotatable bonds is 5. The third-order valence-electron chi connectivity index (χ3n) is 5.01. The molecule has 2 aromatic heterocycles. The number of aryl methyl sites for hydroxylation is 1. The molecule has 0 spiro atoms. The van der Waals surface area contributed by atoms with E-state index in [2.05, 4.69) is 5.32 Å². The SMILES string of the molecule is Cn1cc(S(=O)(=O)N2CCCC2)cc1C(=O)Nc1ccc(Cl)cc1-n1cccc1. The van der Waals surface area contributed by atoms with Gasteiger partial charge in [-0.2, -0.15) is 4.31 Å². The van der Waals surface area contributed by atoms with Gasteiger partial charge in [-0.3, -0.25) is 4.79 Å². The zero-order valence-corrected chi connectivity index (χ0v) is 17.4. The van der Waals surface area contributed by atoms with Gasteiger partial charge in [0.2, 0.25) is 10.0 Å². The molecule has 0 bridgehead atoms. The molecule has 3 aromatic rings. The van der Waals surface area contributed by atoms with Crippen molar-refractivity contribution in [2.24, 2.45) is 7.05 Å². The molecule has 1 fully saturated rings. The van der Waals surface area contributed by atoms with Crippen molar-refractivity contribution in [3.05, 3.63) is 65.7 Å². The molecule has 7 nitrogen and oxygen atoms in total. The van der Waals surface area contributed by atoms with Gasteiger partial charge < -0.3 is 14.5 Å². The normalized spacial score (nSPS) is 15.0. The van der Waals surface area contributed by atoms with Crippen molar-refractivity contribution in [1.29, 1.82) is 0 Å². The van der Waals surface area contributed by atoms with E-state index in [-0.39, 0.29) is 10.6 Å². The van der Waals surface area contributed by atoms with E-state index < -0.39 is 15.9 Å². The molecule has 1 aliphatic rings. The van der Waals surface area contributed by atoms with E-state index in [1.54, 1.807) is 25.2 Å². The number of carbonyl (C=O) groups excluding carboxylic acids is 1. The highest BCUT2D eigenvalue weighted by Crippen LogP contribution is 2.26. The topological polar surface area (TPSA) is 76.3 Å². The number of sulfonamides is 1. The van der Waals surface area contributed by atoms with Crippen LogP contribution in [0.2, 0.25) is 5.02 Å². The Morgan fingerprint density at radius 3 is 2.48 bits per heavy atom. The average molecular weight is 433 g/mol. The van der Waals surface area contributed by atoms with Gasteiger partial charge in [-0.1, -0.05) is 11.6 Å². The molecular weight excluding hydrogens is 412 g/mol. The Bertz CT molecular complexity index is 1150. The van der Waals surface area contributed by atoms with Crippen molar-refractivity contribution < 1.29 is 13.2 Å². The minimum absolute atomic E-state index is 0.133. The smallest absolute Gasteiger partial charge is 0.272 e. The van der Waals surface area contributed by atoms with Crippen molar-refractivity contribution in [3.8, 4) is 5.69 Å². The van der Waals surface area contributed by atoms with Crippen LogP contribution >= 0.6 is 11.6 Å². The summed E-state index contributed by atoms with van der Waals surface area (Å²) >= 11 is 6.13. The number of amides is 1. The van der Waals surface area contributed by atoms with Gasteiger partial charge >= 0.3 is 0 Å². The Kier molecular flexibility index (Phi) is 5.24. The van der Waals surface area contributed by atoms with E-state index in [1.807, 2.05) is 29.1 Å². The molecule has 0 saturated carbocycles. The molecule has 1 amide bonds. The summed E-state index contributed by atoms with van der Waals surface area (Å²) in [6.07, 6.45) is 6.91. The molecule has 1 saturated heterocycles. The second kappa shape index (κ2) is 7.70. The molecule has 1 aromatic carbocycles. The minimum atomic E-state index is -3.59. The fraction of sp³-hybridized carbons (Fsp3) is 0.250. The number of nitrogens with zero attached hydrogens (tertiary/aromatic N) is 3. The zero-order chi connectivity index (χ0) is 20.6. The number of aromatic nitrogens is 2. The Labute approximate surface area is 174 Å². The van der Waals surface area contributed by atoms with Gasteiger partial charge in [0, 0.05) is 43.8 Å². The molecule has 152 valence electrons. The van der Waals surface area contributed by atoms with Crippen LogP contribution in [0.3, 0.4) is 0 Å². The molecule has 0 aliphatic carbocycles. The van der Waals surface area contributed by atoms with Gasteiger partial charge in [0.15, 0.2) is 0 Å². The fourth-order valence-corrected chi connectivity index (χ4v) is 5.24. The van der Waals surface area contributed by atoms with Gasteiger partial charge in [-0.25, -0.2) is 8.42 Å². The second-order valence-electron chi connectivity index (χ2n) is 6.99. The van der Waals surface area contributed by atoms with Crippen LogP contribution in [0.5, 0.6) is 0 Å². The lowest BCUT2D eigenvalue weighted by Crippen LogP contribution is -2.27. The highest BCUT2D eigenvalue weighted by molar-refractivity contribution is 7.89. The van der Waals surface area contributed by atoms with Crippen LogP contribution < -0.4 is 5.32 Å². The van der Waals surface area contributed by atoms with Gasteiger partial charge in [0.05, 0.1) is 11.4 Å². The standard InChI is InChI=1S/C20H21ClN4O3S/c1-23-14-16(29(27,28)25-10-4-5-11-25)13-19(23)20(26)22-17-7-6-15(21)12-18(17)24-8-2-3-9-24/h2-3,6-9,12-14H,4-5,10-11H2,1H3,(H,22,26). The molecule has 4 rings (SSSR count). The average Bonchev–Trinajstić information content (AvgIpc) is 3.44. The Balaban J connectivity index is 1.63. The van der Waals surface area contributed by atoms with Crippen molar-refractivity contribution in [3.63, 3.8) is 0 Å². The summed E-state index contributed by atoms with van der Waals surface area (Å²) in [7, 11) is -1.93. The number of anilines is 1. The number of nitrogens with one attached hydrogen (secondary N) is 1. The first kappa shape index (κ1) is 19.8. The van der Waals surface area contributed by atoms with Crippen molar-refractivity contribution in [2.75, 3.05) is 18.4 Å². The Morgan fingerprint density at radius 2 is 1.79 bits per heavy atom. The van der Waals surface area contributed by atoms with Crippen LogP contribution in [0.1, 0.15) is 23.3 Å². The predicted octanol–water partition coefficient (Wildman–Crippen LogP) is 3.51. The van der Waals surface area contributed by atoms with Crippen LogP contribution in [0.15, 0.2) is 59.9 Å². The predicted molar refractivity (Wildman–Crippen MR) is 112 cm³/mol. The molecule has 9 heteroatoms. The molecule has 0 atom stereocenters. The van der Waals surface area contributed by atoms with Crippen LogP contribution in [-0.4, -0.2) is 40.9 Å². The van der Waals surface area contributed by atoms with E-state index in [4.69, 9.17) is 11.6 Å². The lowest BCUT2D eigenvalue weighted by molar-refractivity contribution is 0.101. The first-order valence-electron chi connectivity index (χ1n) is 9.27. The number of halogens is 1. The van der Waals surface area contributed by atoms with E-state index in [9.17, 15) is 13.2 Å². The van der Waals surface area contributed by atoms with Crippen LogP contribution in [0.4, 0.5) is 5.69 Å². The first-order chi connectivity index (χ1) is 13.9. The third kappa shape index (κ3) is 3.83. The number of hydrogen-bond acceptors (Lipinski definition) is 3. The minimum Gasteiger partial charge on any atom is -0.345 e. The zero-order valence-electron chi connectivity index (χ0n) is 15.9. The molecule has 0 unspecified atom stereocenters. The highest BCUT2D eigenvalue weighted by atomic mass is 35.5. The molecule has 0 radical (unpaired) electrons. The maximum absolute atomic E-state index is 12.9.